The van der Waals surface area contributed by atoms with Crippen LogP contribution in [0.25, 0.3) is 6.08 Å². The van der Waals surface area contributed by atoms with E-state index in [0.29, 0.717) is 50.1 Å². The minimum Gasteiger partial charge on any atom is -0.492 e. The standard InChI is InChI=1S/C44H58N4O9/c1-4-20-47(41(51)19-14-31-12-15-33(16-13-31)48(52)53)40-30-38(45-54-3)36-28-32(10-6-8-24-49)35(11-7-9-25-50)42-37-29-34(55-27-23-46-21-22-46)17-18-39(37)57-44(40,43(36)42)56-26-5-2/h5,12-19,28-29,32,35,40,42-43,49-50H,2,4,6-11,20-27,30H2,1,3H3/t32-,35+,40-,42+,43+,44+/m0/s1. The summed E-state index contributed by atoms with van der Waals surface area (Å²) in [5.41, 5.74) is 3.33. The second-order valence-electron chi connectivity index (χ2n) is 15.4. The van der Waals surface area contributed by atoms with Gasteiger partial charge in [-0.3, -0.25) is 19.8 Å². The number of oxime groups is 1. The van der Waals surface area contributed by atoms with Gasteiger partial charge in [-0.2, -0.15) is 0 Å². The van der Waals surface area contributed by atoms with Crippen LogP contribution >= 0.6 is 0 Å². The van der Waals surface area contributed by atoms with Crippen LogP contribution in [0.4, 0.5) is 5.69 Å². The Hall–Kier alpha value is -4.56. The van der Waals surface area contributed by atoms with Gasteiger partial charge in [-0.15, -0.1) is 6.58 Å². The van der Waals surface area contributed by atoms with E-state index < -0.39 is 22.7 Å². The molecule has 1 saturated heterocycles. The molecule has 2 aromatic carbocycles. The van der Waals surface area contributed by atoms with Gasteiger partial charge in [-0.25, -0.2) is 0 Å². The number of hydrogen-bond acceptors (Lipinski definition) is 11. The molecule has 2 heterocycles. The molecule has 2 aliphatic heterocycles. The molecule has 308 valence electrons. The van der Waals surface area contributed by atoms with Gasteiger partial charge < -0.3 is 34.2 Å². The first-order valence-electron chi connectivity index (χ1n) is 20.5. The van der Waals surface area contributed by atoms with E-state index in [1.165, 1.54) is 25.3 Å². The largest absolute Gasteiger partial charge is 0.492 e. The maximum absolute atomic E-state index is 14.5. The van der Waals surface area contributed by atoms with E-state index in [2.05, 4.69) is 28.8 Å². The summed E-state index contributed by atoms with van der Waals surface area (Å²) < 4.78 is 20.6. The van der Waals surface area contributed by atoms with Crippen molar-refractivity contribution in [3.05, 3.63) is 94.1 Å². The Morgan fingerprint density at radius 1 is 1.12 bits per heavy atom. The number of allylic oxidation sites excluding steroid dienone is 1. The fourth-order valence-electron chi connectivity index (χ4n) is 9.07. The second kappa shape index (κ2) is 19.7. The first-order valence-corrected chi connectivity index (χ1v) is 20.5. The highest BCUT2D eigenvalue weighted by Crippen LogP contribution is 2.62. The van der Waals surface area contributed by atoms with Crippen LogP contribution in [-0.2, 0) is 14.4 Å². The fraction of sp³-hybridized carbons (Fsp3) is 0.545. The van der Waals surface area contributed by atoms with E-state index >= 15 is 0 Å². The molecule has 4 aliphatic rings. The Balaban J connectivity index is 1.50. The molecular weight excluding hydrogens is 729 g/mol. The number of nitrogens with zero attached hydrogens (tertiary/aromatic N) is 4. The maximum atomic E-state index is 14.5. The lowest BCUT2D eigenvalue weighted by molar-refractivity contribution is -0.384. The third-order valence-corrected chi connectivity index (χ3v) is 11.7. The summed E-state index contributed by atoms with van der Waals surface area (Å²) in [6.07, 6.45) is 12.9. The number of aliphatic hydroxyl groups is 2. The SMILES string of the molecule is C=CCO[C@@]12Oc3ccc(OCCN4CC4)cc3[C@H]3[C@H](CCCCO)[C@@H](CCCCO)C=C(C(=NOC)C[C@@H]1N(CCC)C(=O)C=Cc1ccc([N+](=O)[O-])cc1)[C@H]32. The summed E-state index contributed by atoms with van der Waals surface area (Å²) in [6.45, 7) is 10.4. The summed E-state index contributed by atoms with van der Waals surface area (Å²) in [5.74, 6) is -0.519. The van der Waals surface area contributed by atoms with Crippen LogP contribution in [0.3, 0.4) is 0 Å². The highest BCUT2D eigenvalue weighted by atomic mass is 16.7. The van der Waals surface area contributed by atoms with Crippen molar-refractivity contribution in [1.29, 1.82) is 0 Å². The summed E-state index contributed by atoms with van der Waals surface area (Å²) in [5, 5.41) is 35.6. The number of ether oxygens (including phenoxy) is 3. The third-order valence-electron chi connectivity index (χ3n) is 11.7. The van der Waals surface area contributed by atoms with Crippen LogP contribution in [0.2, 0.25) is 0 Å². The monoisotopic (exact) mass is 786 g/mol. The third kappa shape index (κ3) is 9.60. The lowest BCUT2D eigenvalue weighted by atomic mass is 9.55. The molecule has 6 rings (SSSR count). The van der Waals surface area contributed by atoms with Gasteiger partial charge in [0.2, 0.25) is 11.7 Å². The van der Waals surface area contributed by atoms with E-state index in [0.717, 1.165) is 67.9 Å². The molecule has 2 aliphatic carbocycles. The topological polar surface area (TPSA) is 156 Å². The number of benzene rings is 2. The van der Waals surface area contributed by atoms with Crippen LogP contribution in [0.1, 0.15) is 75.3 Å². The number of hydrogen-bond donors (Lipinski definition) is 2. The Labute approximate surface area is 335 Å². The number of carbonyl (C=O) groups is 1. The minimum absolute atomic E-state index is 0.0274. The van der Waals surface area contributed by atoms with Gasteiger partial charge in [-0.1, -0.05) is 37.1 Å². The zero-order valence-corrected chi connectivity index (χ0v) is 33.3. The summed E-state index contributed by atoms with van der Waals surface area (Å²) in [7, 11) is 1.53. The molecule has 2 aromatic rings. The van der Waals surface area contributed by atoms with Crippen molar-refractivity contribution in [3.63, 3.8) is 0 Å². The van der Waals surface area contributed by atoms with Gasteiger partial charge in [0, 0.05) is 75.5 Å². The zero-order valence-electron chi connectivity index (χ0n) is 33.3. The first-order chi connectivity index (χ1) is 27.8. The van der Waals surface area contributed by atoms with Crippen LogP contribution in [0, 0.1) is 27.9 Å². The van der Waals surface area contributed by atoms with Crippen LogP contribution in [-0.4, -0.2) is 108 Å². The van der Waals surface area contributed by atoms with Gasteiger partial charge in [-0.05, 0) is 91.5 Å². The number of non-ortho nitro benzene ring substituents is 1. The number of fused-ring (bicyclic) bond motifs is 2. The molecule has 57 heavy (non-hydrogen) atoms. The molecule has 0 spiro atoms. The van der Waals surface area contributed by atoms with Crippen molar-refractivity contribution < 1.29 is 39.0 Å². The average molecular weight is 787 g/mol. The number of amides is 1. The molecule has 13 heteroatoms. The predicted octanol–water partition coefficient (Wildman–Crippen LogP) is 6.50. The predicted molar refractivity (Wildman–Crippen MR) is 218 cm³/mol. The van der Waals surface area contributed by atoms with Gasteiger partial charge in [0.25, 0.3) is 5.69 Å². The van der Waals surface area contributed by atoms with E-state index in [1.54, 1.807) is 24.3 Å². The number of carbonyl (C=O) groups excluding carboxylic acids is 1. The molecule has 2 fully saturated rings. The lowest BCUT2D eigenvalue weighted by Gasteiger charge is -2.60. The van der Waals surface area contributed by atoms with Gasteiger partial charge in [0.05, 0.1) is 23.2 Å². The van der Waals surface area contributed by atoms with Crippen molar-refractivity contribution >= 4 is 23.4 Å². The quantitative estimate of drug-likeness (QED) is 0.0337. The summed E-state index contributed by atoms with van der Waals surface area (Å²) >= 11 is 0. The summed E-state index contributed by atoms with van der Waals surface area (Å²) in [4.78, 5) is 35.0. The number of nitro benzene ring substituents is 1. The normalized spacial score (nSPS) is 25.6. The Bertz CT molecular complexity index is 1790. The number of nitro groups is 1. The van der Waals surface area contributed by atoms with Gasteiger partial charge >= 0.3 is 0 Å². The molecule has 0 bridgehead atoms. The van der Waals surface area contributed by atoms with Crippen LogP contribution in [0.15, 0.2) is 78.0 Å². The van der Waals surface area contributed by atoms with E-state index in [4.69, 9.17) is 19.0 Å². The molecule has 1 amide bonds. The van der Waals surface area contributed by atoms with Crippen molar-refractivity contribution in [2.24, 2.45) is 22.9 Å². The lowest BCUT2D eigenvalue weighted by Crippen LogP contribution is -2.70. The van der Waals surface area contributed by atoms with Crippen molar-refractivity contribution in [3.8, 4) is 11.5 Å². The van der Waals surface area contributed by atoms with E-state index in [9.17, 15) is 25.1 Å². The number of aliphatic hydroxyl groups excluding tert-OH is 2. The number of unbranched alkanes of at least 4 members (excludes halogenated alkanes) is 2. The molecule has 6 atom stereocenters. The van der Waals surface area contributed by atoms with Crippen LogP contribution < -0.4 is 9.47 Å². The molecule has 2 N–H and O–H groups in total. The molecule has 0 aromatic heterocycles. The molecule has 13 nitrogen and oxygen atoms in total. The van der Waals surface area contributed by atoms with Crippen LogP contribution in [0.5, 0.6) is 11.5 Å². The van der Waals surface area contributed by atoms with Gasteiger partial charge in [0.15, 0.2) is 0 Å². The molecule has 1 saturated carbocycles. The highest BCUT2D eigenvalue weighted by molar-refractivity contribution is 6.03. The second-order valence-corrected chi connectivity index (χ2v) is 15.4. The Morgan fingerprint density at radius 2 is 1.88 bits per heavy atom. The molecular formula is C44H58N4O9. The zero-order chi connectivity index (χ0) is 40.4. The molecule has 0 radical (unpaired) electrons. The molecule has 0 unspecified atom stereocenters. The van der Waals surface area contributed by atoms with Gasteiger partial charge in [0.1, 0.15) is 31.3 Å². The Kier molecular flexibility index (Phi) is 14.6. The summed E-state index contributed by atoms with van der Waals surface area (Å²) in [6, 6.07) is 11.4. The number of rotatable bonds is 22. The highest BCUT2D eigenvalue weighted by Gasteiger charge is 2.65. The maximum Gasteiger partial charge on any atom is 0.269 e. The Morgan fingerprint density at radius 3 is 2.54 bits per heavy atom. The smallest absolute Gasteiger partial charge is 0.269 e. The fourth-order valence-corrected chi connectivity index (χ4v) is 9.07. The van der Waals surface area contributed by atoms with E-state index in [1.807, 2.05) is 24.0 Å². The van der Waals surface area contributed by atoms with Crippen molar-refractivity contribution in [1.82, 2.24) is 9.80 Å². The first kappa shape index (κ1) is 42.1. The average Bonchev–Trinajstić information content (AvgIpc) is 4.05. The van der Waals surface area contributed by atoms with Crippen molar-refractivity contribution in [2.75, 3.05) is 59.7 Å². The van der Waals surface area contributed by atoms with E-state index in [-0.39, 0.29) is 49.2 Å². The van der Waals surface area contributed by atoms with Crippen molar-refractivity contribution in [2.45, 2.75) is 76.0 Å². The minimum atomic E-state index is -1.36.